The lowest BCUT2D eigenvalue weighted by atomic mass is 9.90. The maximum Gasteiger partial charge on any atom is 0.266 e. The van der Waals surface area contributed by atoms with Crippen LogP contribution >= 0.6 is 11.3 Å². The van der Waals surface area contributed by atoms with E-state index in [0.717, 1.165) is 40.7 Å². The van der Waals surface area contributed by atoms with E-state index in [9.17, 15) is 4.79 Å². The minimum atomic E-state index is 0.0440. The highest BCUT2D eigenvalue weighted by molar-refractivity contribution is 7.14. The van der Waals surface area contributed by atoms with Crippen LogP contribution in [0.25, 0.3) is 11.3 Å². The lowest BCUT2D eigenvalue weighted by Crippen LogP contribution is -2.34. The van der Waals surface area contributed by atoms with Crippen LogP contribution in [0.1, 0.15) is 28.0 Å². The van der Waals surface area contributed by atoms with Crippen molar-refractivity contribution in [1.29, 1.82) is 0 Å². The van der Waals surface area contributed by atoms with Crippen molar-refractivity contribution in [1.82, 2.24) is 9.88 Å². The van der Waals surface area contributed by atoms with Crippen LogP contribution in [0.15, 0.2) is 30.3 Å². The van der Waals surface area contributed by atoms with Gasteiger partial charge < -0.3 is 10.6 Å². The average molecular weight is 315 g/mol. The Bertz CT molecular complexity index is 682. The summed E-state index contributed by atoms with van der Waals surface area (Å²) in [6.07, 6.45) is 0.966. The molecule has 116 valence electrons. The number of aromatic nitrogens is 1. The Morgan fingerprint density at radius 2 is 2.14 bits per heavy atom. The Hall–Kier alpha value is -1.72. The lowest BCUT2D eigenvalue weighted by Gasteiger charge is -2.22. The lowest BCUT2D eigenvalue weighted by molar-refractivity contribution is 0.0782. The summed E-state index contributed by atoms with van der Waals surface area (Å²) >= 11 is 1.48. The molecule has 2 N–H and O–H groups in total. The molecule has 5 heteroatoms. The molecule has 1 saturated heterocycles. The maximum absolute atomic E-state index is 12.9. The second-order valence-electron chi connectivity index (χ2n) is 6.27. The zero-order valence-electron chi connectivity index (χ0n) is 13.0. The Morgan fingerprint density at radius 1 is 1.41 bits per heavy atom. The average Bonchev–Trinajstić information content (AvgIpc) is 3.12. The molecule has 1 aromatic heterocycles. The number of amides is 1. The molecule has 1 aliphatic heterocycles. The first-order chi connectivity index (χ1) is 10.5. The second kappa shape index (κ2) is 5.82. The van der Waals surface area contributed by atoms with Crippen molar-refractivity contribution in [2.24, 2.45) is 11.1 Å². The molecule has 1 amide bonds. The third kappa shape index (κ3) is 2.78. The minimum absolute atomic E-state index is 0.0440. The summed E-state index contributed by atoms with van der Waals surface area (Å²) in [4.78, 5) is 20.2. The Labute approximate surface area is 135 Å². The van der Waals surface area contributed by atoms with Crippen molar-refractivity contribution in [3.05, 3.63) is 40.2 Å². The largest absolute Gasteiger partial charge is 0.337 e. The van der Waals surface area contributed by atoms with Crippen molar-refractivity contribution in [2.75, 3.05) is 19.6 Å². The fourth-order valence-electron chi connectivity index (χ4n) is 2.87. The molecule has 1 unspecified atom stereocenters. The molecule has 0 radical (unpaired) electrons. The number of likely N-dealkylation sites (tertiary alicyclic amines) is 1. The molecule has 1 aliphatic rings. The van der Waals surface area contributed by atoms with E-state index >= 15 is 0 Å². The molecular weight excluding hydrogens is 294 g/mol. The fraction of sp³-hybridized carbons (Fsp3) is 0.412. The van der Waals surface area contributed by atoms with E-state index in [0.29, 0.717) is 6.54 Å². The molecule has 0 aliphatic carbocycles. The van der Waals surface area contributed by atoms with Gasteiger partial charge in [-0.1, -0.05) is 37.3 Å². The SMILES string of the molecule is Cc1nc(-c2ccccc2)c(C(=O)N2CCC(C)(CN)C2)s1. The molecule has 22 heavy (non-hydrogen) atoms. The summed E-state index contributed by atoms with van der Waals surface area (Å²) < 4.78 is 0. The summed E-state index contributed by atoms with van der Waals surface area (Å²) in [7, 11) is 0. The first-order valence-corrected chi connectivity index (χ1v) is 8.36. The summed E-state index contributed by atoms with van der Waals surface area (Å²) in [5, 5.41) is 0.919. The van der Waals surface area contributed by atoms with E-state index in [1.807, 2.05) is 42.2 Å². The number of rotatable bonds is 3. The normalized spacial score (nSPS) is 21.3. The van der Waals surface area contributed by atoms with E-state index in [2.05, 4.69) is 11.9 Å². The van der Waals surface area contributed by atoms with E-state index in [1.165, 1.54) is 11.3 Å². The van der Waals surface area contributed by atoms with Gasteiger partial charge in [0.05, 0.1) is 10.7 Å². The first-order valence-electron chi connectivity index (χ1n) is 7.55. The van der Waals surface area contributed by atoms with Crippen molar-refractivity contribution < 1.29 is 4.79 Å². The number of aryl methyl sites for hydroxylation is 1. The number of carbonyl (C=O) groups excluding carboxylic acids is 1. The number of hydrogen-bond acceptors (Lipinski definition) is 4. The van der Waals surface area contributed by atoms with Crippen LogP contribution in [0, 0.1) is 12.3 Å². The standard InChI is InChI=1S/C17H21N3OS/c1-12-19-14(13-6-4-3-5-7-13)15(22-12)16(21)20-9-8-17(2,10-18)11-20/h3-7H,8-11,18H2,1-2H3. The van der Waals surface area contributed by atoms with Crippen molar-refractivity contribution in [2.45, 2.75) is 20.3 Å². The highest BCUT2D eigenvalue weighted by atomic mass is 32.1. The third-order valence-electron chi connectivity index (χ3n) is 4.31. The molecule has 0 bridgehead atoms. The van der Waals surface area contributed by atoms with Crippen LogP contribution in [0.3, 0.4) is 0 Å². The molecule has 4 nitrogen and oxygen atoms in total. The monoisotopic (exact) mass is 315 g/mol. The quantitative estimate of drug-likeness (QED) is 0.947. The van der Waals surface area contributed by atoms with E-state index in [4.69, 9.17) is 5.73 Å². The van der Waals surface area contributed by atoms with Gasteiger partial charge in [0.2, 0.25) is 0 Å². The molecule has 0 spiro atoms. The van der Waals surface area contributed by atoms with E-state index < -0.39 is 0 Å². The fourth-order valence-corrected chi connectivity index (χ4v) is 3.78. The number of nitrogens with zero attached hydrogens (tertiary/aromatic N) is 2. The number of benzene rings is 1. The molecule has 0 saturated carbocycles. The smallest absolute Gasteiger partial charge is 0.266 e. The molecule has 3 rings (SSSR count). The van der Waals surface area contributed by atoms with E-state index in [-0.39, 0.29) is 11.3 Å². The van der Waals surface area contributed by atoms with Crippen LogP contribution < -0.4 is 5.73 Å². The molecule has 2 heterocycles. The zero-order valence-corrected chi connectivity index (χ0v) is 13.8. The topological polar surface area (TPSA) is 59.2 Å². The second-order valence-corrected chi connectivity index (χ2v) is 7.47. The molecule has 1 aromatic carbocycles. The minimum Gasteiger partial charge on any atom is -0.337 e. The number of nitrogens with two attached hydrogens (primary N) is 1. The molecule has 1 atom stereocenters. The van der Waals surface area contributed by atoms with Crippen molar-refractivity contribution >= 4 is 17.2 Å². The van der Waals surface area contributed by atoms with Gasteiger partial charge in [-0.05, 0) is 25.3 Å². The van der Waals surface area contributed by atoms with Crippen molar-refractivity contribution in [3.63, 3.8) is 0 Å². The summed E-state index contributed by atoms with van der Waals surface area (Å²) in [6, 6.07) is 9.91. The van der Waals surface area contributed by atoms with E-state index in [1.54, 1.807) is 0 Å². The number of carbonyl (C=O) groups is 1. The van der Waals surface area contributed by atoms with Gasteiger partial charge in [0.15, 0.2) is 0 Å². The molecule has 1 fully saturated rings. The van der Waals surface area contributed by atoms with Gasteiger partial charge in [0.1, 0.15) is 4.88 Å². The third-order valence-corrected chi connectivity index (χ3v) is 5.27. The summed E-state index contributed by atoms with van der Waals surface area (Å²) in [5.41, 5.74) is 7.69. The highest BCUT2D eigenvalue weighted by Crippen LogP contribution is 2.33. The maximum atomic E-state index is 12.9. The van der Waals surface area contributed by atoms with Gasteiger partial charge in [0.25, 0.3) is 5.91 Å². The van der Waals surface area contributed by atoms with Crippen LogP contribution in [0.5, 0.6) is 0 Å². The van der Waals surface area contributed by atoms with Gasteiger partial charge in [-0.2, -0.15) is 0 Å². The summed E-state index contributed by atoms with van der Waals surface area (Å²) in [5.74, 6) is 0.0848. The molecule has 2 aromatic rings. The highest BCUT2D eigenvalue weighted by Gasteiger charge is 2.36. The number of hydrogen-bond donors (Lipinski definition) is 1. The van der Waals surface area contributed by atoms with Crippen LogP contribution in [-0.2, 0) is 0 Å². The zero-order chi connectivity index (χ0) is 15.7. The molecular formula is C17H21N3OS. The predicted molar refractivity (Wildman–Crippen MR) is 90.0 cm³/mol. The van der Waals surface area contributed by atoms with Crippen LogP contribution in [0.2, 0.25) is 0 Å². The Morgan fingerprint density at radius 3 is 2.77 bits per heavy atom. The summed E-state index contributed by atoms with van der Waals surface area (Å²) in [6.45, 7) is 6.22. The van der Waals surface area contributed by atoms with Gasteiger partial charge in [-0.15, -0.1) is 11.3 Å². The van der Waals surface area contributed by atoms with Gasteiger partial charge in [0, 0.05) is 18.7 Å². The first kappa shape index (κ1) is 15.2. The van der Waals surface area contributed by atoms with Crippen molar-refractivity contribution in [3.8, 4) is 11.3 Å². The van der Waals surface area contributed by atoms with Gasteiger partial charge in [-0.3, -0.25) is 4.79 Å². The number of thiazole rings is 1. The Balaban J connectivity index is 1.91. The van der Waals surface area contributed by atoms with Crippen LogP contribution in [0.4, 0.5) is 0 Å². The predicted octanol–water partition coefficient (Wildman–Crippen LogP) is 2.93. The Kier molecular flexibility index (Phi) is 4.02. The van der Waals surface area contributed by atoms with Gasteiger partial charge in [-0.25, -0.2) is 4.98 Å². The van der Waals surface area contributed by atoms with Gasteiger partial charge >= 0.3 is 0 Å². The van der Waals surface area contributed by atoms with Crippen LogP contribution in [-0.4, -0.2) is 35.4 Å².